The van der Waals surface area contributed by atoms with Crippen LogP contribution in [0.25, 0.3) is 0 Å². The summed E-state index contributed by atoms with van der Waals surface area (Å²) in [4.78, 5) is 26.8. The number of anilines is 2. The number of carbonyl (C=O) groups is 2. The molecule has 1 saturated heterocycles. The van der Waals surface area contributed by atoms with Crippen LogP contribution in [0.2, 0.25) is 5.02 Å². The first-order chi connectivity index (χ1) is 16.0. The maximum absolute atomic E-state index is 12.7. The largest absolute Gasteiger partial charge is 0.496 e. The number of nitrogens with one attached hydrogen (secondary N) is 2. The molecule has 0 bridgehead atoms. The van der Waals surface area contributed by atoms with Crippen LogP contribution in [0, 0.1) is 0 Å². The number of hydrogen-bond donors (Lipinski definition) is 2. The van der Waals surface area contributed by atoms with E-state index in [1.807, 2.05) is 0 Å². The monoisotopic (exact) mass is 578 g/mol. The Morgan fingerprint density at radius 2 is 1.79 bits per heavy atom. The molecule has 2 amide bonds. The molecule has 34 heavy (non-hydrogen) atoms. The van der Waals surface area contributed by atoms with E-state index < -0.39 is 18.0 Å². The zero-order valence-electron chi connectivity index (χ0n) is 17.7. The number of carbonyl (C=O) groups excluding carboxylic acids is 2. The van der Waals surface area contributed by atoms with E-state index in [1.54, 1.807) is 41.3 Å². The quantitative estimate of drug-likeness (QED) is 0.522. The zero-order valence-corrected chi connectivity index (χ0v) is 20.9. The topological polar surface area (TPSA) is 73.9 Å². The van der Waals surface area contributed by atoms with Crippen LogP contribution in [0.15, 0.2) is 40.9 Å². The lowest BCUT2D eigenvalue weighted by Gasteiger charge is -2.37. The van der Waals surface area contributed by atoms with Crippen molar-refractivity contribution in [1.82, 2.24) is 10.2 Å². The van der Waals surface area contributed by atoms with Gasteiger partial charge in [-0.15, -0.1) is 0 Å². The molecule has 1 heterocycles. The number of benzene rings is 2. The molecule has 13 heteroatoms. The SMILES string of the molecule is COc1ccc(Br)cc1C(=O)NC(=S)Nc1cc(Cl)ccc1N1CCN(C(=O)C(F)(F)F)CC1. The number of thiocarbonyl (C=S) groups is 1. The van der Waals surface area contributed by atoms with Crippen molar-refractivity contribution in [3.63, 3.8) is 0 Å². The van der Waals surface area contributed by atoms with Gasteiger partial charge in [0.2, 0.25) is 0 Å². The Morgan fingerprint density at radius 3 is 2.41 bits per heavy atom. The standard InChI is InChI=1S/C21H19BrClF3N4O3S/c1-33-17-5-2-12(22)10-14(17)18(31)28-20(34)27-15-11-13(23)3-4-16(15)29-6-8-30(9-7-29)19(32)21(24,25)26/h2-5,10-11H,6-9H2,1H3,(H2,27,28,31,34). The molecule has 0 radical (unpaired) electrons. The number of piperazine rings is 1. The summed E-state index contributed by atoms with van der Waals surface area (Å²) >= 11 is 14.7. The van der Waals surface area contributed by atoms with E-state index in [0.29, 0.717) is 26.6 Å². The highest BCUT2D eigenvalue weighted by atomic mass is 79.9. The second kappa shape index (κ2) is 10.8. The smallest absolute Gasteiger partial charge is 0.471 e. The molecular weight excluding hydrogens is 561 g/mol. The fourth-order valence-corrected chi connectivity index (χ4v) is 4.13. The molecule has 0 spiro atoms. The average molecular weight is 580 g/mol. The van der Waals surface area contributed by atoms with Crippen LogP contribution < -0.4 is 20.3 Å². The summed E-state index contributed by atoms with van der Waals surface area (Å²) in [6.45, 7) is 0.160. The molecule has 1 fully saturated rings. The molecule has 0 saturated carbocycles. The van der Waals surface area contributed by atoms with E-state index in [9.17, 15) is 22.8 Å². The van der Waals surface area contributed by atoms with Crippen LogP contribution >= 0.6 is 39.7 Å². The Hall–Kier alpha value is -2.57. The van der Waals surface area contributed by atoms with Gasteiger partial charge in [-0.3, -0.25) is 14.9 Å². The summed E-state index contributed by atoms with van der Waals surface area (Å²) in [6, 6.07) is 9.85. The van der Waals surface area contributed by atoms with Gasteiger partial charge >= 0.3 is 12.1 Å². The number of ether oxygens (including phenoxy) is 1. The van der Waals surface area contributed by atoms with Crippen molar-refractivity contribution in [1.29, 1.82) is 0 Å². The average Bonchev–Trinajstić information content (AvgIpc) is 2.78. The number of hydrogen-bond acceptors (Lipinski definition) is 5. The first-order valence-electron chi connectivity index (χ1n) is 9.86. The first kappa shape index (κ1) is 26.0. The maximum Gasteiger partial charge on any atom is 0.471 e. The Labute approximate surface area is 212 Å². The molecule has 182 valence electrons. The van der Waals surface area contributed by atoms with Gasteiger partial charge in [0.25, 0.3) is 5.91 Å². The van der Waals surface area contributed by atoms with E-state index in [2.05, 4.69) is 26.6 Å². The lowest BCUT2D eigenvalue weighted by atomic mass is 10.2. The van der Waals surface area contributed by atoms with Crippen molar-refractivity contribution < 1.29 is 27.5 Å². The summed E-state index contributed by atoms with van der Waals surface area (Å²) in [5.41, 5.74) is 1.33. The van der Waals surface area contributed by atoms with Crippen LogP contribution in [0.5, 0.6) is 5.75 Å². The van der Waals surface area contributed by atoms with Gasteiger partial charge in [0.15, 0.2) is 5.11 Å². The van der Waals surface area contributed by atoms with Gasteiger partial charge < -0.3 is 19.9 Å². The molecule has 2 aromatic rings. The molecule has 2 N–H and O–H groups in total. The van der Waals surface area contributed by atoms with Gasteiger partial charge in [0.05, 0.1) is 24.0 Å². The number of halogens is 5. The molecule has 1 aliphatic heterocycles. The van der Waals surface area contributed by atoms with Crippen molar-refractivity contribution in [3.8, 4) is 5.75 Å². The van der Waals surface area contributed by atoms with Crippen LogP contribution in [0.3, 0.4) is 0 Å². The lowest BCUT2D eigenvalue weighted by molar-refractivity contribution is -0.185. The second-order valence-corrected chi connectivity index (χ2v) is 8.95. The number of alkyl halides is 3. The summed E-state index contributed by atoms with van der Waals surface area (Å²) in [5.74, 6) is -2.00. The molecule has 1 aliphatic rings. The second-order valence-electron chi connectivity index (χ2n) is 7.19. The van der Waals surface area contributed by atoms with E-state index in [4.69, 9.17) is 28.6 Å². The molecule has 7 nitrogen and oxygen atoms in total. The third kappa shape index (κ3) is 6.30. The zero-order chi connectivity index (χ0) is 25.0. The lowest BCUT2D eigenvalue weighted by Crippen LogP contribution is -2.52. The van der Waals surface area contributed by atoms with Gasteiger partial charge in [-0.2, -0.15) is 13.2 Å². The minimum absolute atomic E-state index is 0.0126. The highest BCUT2D eigenvalue weighted by Gasteiger charge is 2.43. The van der Waals surface area contributed by atoms with Gasteiger partial charge in [-0.05, 0) is 48.6 Å². The predicted octanol–water partition coefficient (Wildman–Crippen LogP) is 4.45. The molecular formula is C21H19BrClF3N4O3S. The van der Waals surface area contributed by atoms with E-state index in [0.717, 1.165) is 4.90 Å². The normalized spacial score (nSPS) is 13.9. The first-order valence-corrected chi connectivity index (χ1v) is 11.4. The third-order valence-corrected chi connectivity index (χ3v) is 5.92. The predicted molar refractivity (Wildman–Crippen MR) is 131 cm³/mol. The number of methoxy groups -OCH3 is 1. The Bertz CT molecular complexity index is 1110. The molecule has 0 aliphatic carbocycles. The third-order valence-electron chi connectivity index (χ3n) is 4.99. The summed E-state index contributed by atoms with van der Waals surface area (Å²) in [5, 5.41) is 5.87. The van der Waals surface area contributed by atoms with Crippen molar-refractivity contribution in [2.24, 2.45) is 0 Å². The number of amides is 2. The van der Waals surface area contributed by atoms with Crippen LogP contribution in [0.4, 0.5) is 24.5 Å². The minimum Gasteiger partial charge on any atom is -0.496 e. The van der Waals surface area contributed by atoms with Gasteiger partial charge in [-0.25, -0.2) is 0 Å². The van der Waals surface area contributed by atoms with Gasteiger partial charge in [0, 0.05) is 35.7 Å². The summed E-state index contributed by atoms with van der Waals surface area (Å²) < 4.78 is 44.0. The van der Waals surface area contributed by atoms with E-state index >= 15 is 0 Å². The molecule has 2 aromatic carbocycles. The van der Waals surface area contributed by atoms with Crippen LogP contribution in [-0.4, -0.2) is 61.3 Å². The molecule has 3 rings (SSSR count). The van der Waals surface area contributed by atoms with Crippen molar-refractivity contribution >= 4 is 68.1 Å². The van der Waals surface area contributed by atoms with Crippen molar-refractivity contribution in [2.45, 2.75) is 6.18 Å². The minimum atomic E-state index is -4.91. The maximum atomic E-state index is 12.7. The van der Waals surface area contributed by atoms with Crippen LogP contribution in [-0.2, 0) is 4.79 Å². The highest BCUT2D eigenvalue weighted by Crippen LogP contribution is 2.31. The van der Waals surface area contributed by atoms with Crippen molar-refractivity contribution in [2.75, 3.05) is 43.5 Å². The molecule has 0 unspecified atom stereocenters. The Morgan fingerprint density at radius 1 is 1.12 bits per heavy atom. The fourth-order valence-electron chi connectivity index (χ4n) is 3.40. The van der Waals surface area contributed by atoms with Gasteiger partial charge in [0.1, 0.15) is 5.75 Å². The van der Waals surface area contributed by atoms with Crippen LogP contribution in [0.1, 0.15) is 10.4 Å². The molecule has 0 aromatic heterocycles. The molecule has 0 atom stereocenters. The summed E-state index contributed by atoms with van der Waals surface area (Å²) in [7, 11) is 1.44. The summed E-state index contributed by atoms with van der Waals surface area (Å²) in [6.07, 6.45) is -4.91. The fraction of sp³-hybridized carbons (Fsp3) is 0.286. The van der Waals surface area contributed by atoms with Gasteiger partial charge in [-0.1, -0.05) is 27.5 Å². The van der Waals surface area contributed by atoms with E-state index in [1.165, 1.54) is 7.11 Å². The number of nitrogens with zero attached hydrogens (tertiary/aromatic N) is 2. The Kier molecular flexibility index (Phi) is 8.26. The highest BCUT2D eigenvalue weighted by molar-refractivity contribution is 9.10. The number of rotatable bonds is 4. The Balaban J connectivity index is 1.71. The van der Waals surface area contributed by atoms with Crippen molar-refractivity contribution in [3.05, 3.63) is 51.5 Å². The van der Waals surface area contributed by atoms with E-state index in [-0.39, 0.29) is 36.9 Å².